The highest BCUT2D eigenvalue weighted by molar-refractivity contribution is 5.87. The molecule has 36 heavy (non-hydrogen) atoms. The lowest BCUT2D eigenvalue weighted by Gasteiger charge is -2.58. The molecule has 1 aliphatic heterocycles. The van der Waals surface area contributed by atoms with Crippen LogP contribution >= 0.6 is 0 Å². The summed E-state index contributed by atoms with van der Waals surface area (Å²) in [6, 6.07) is 0.576. The molecule has 5 aliphatic rings. The molecule has 2 amide bonds. The second-order valence-corrected chi connectivity index (χ2v) is 14.1. The van der Waals surface area contributed by atoms with Crippen LogP contribution in [-0.4, -0.2) is 60.4 Å². The molecule has 0 radical (unpaired) electrons. The Morgan fingerprint density at radius 2 is 1.86 bits per heavy atom. The second-order valence-electron chi connectivity index (χ2n) is 14.1. The van der Waals surface area contributed by atoms with Crippen LogP contribution in [0.1, 0.15) is 92.4 Å². The Morgan fingerprint density at radius 3 is 2.56 bits per heavy atom. The first-order valence-electron chi connectivity index (χ1n) is 14.9. The zero-order valence-corrected chi connectivity index (χ0v) is 24.0. The van der Waals surface area contributed by atoms with Crippen molar-refractivity contribution >= 4 is 11.8 Å². The van der Waals surface area contributed by atoms with Gasteiger partial charge in [-0.25, -0.2) is 0 Å². The topological polar surface area (TPSA) is 52.7 Å². The van der Waals surface area contributed by atoms with Gasteiger partial charge in [-0.05, 0) is 112 Å². The van der Waals surface area contributed by atoms with Crippen molar-refractivity contribution in [3.8, 4) is 0 Å². The van der Waals surface area contributed by atoms with Gasteiger partial charge in [-0.3, -0.25) is 9.59 Å². The zero-order chi connectivity index (χ0) is 26.0. The van der Waals surface area contributed by atoms with E-state index in [4.69, 9.17) is 0 Å². The van der Waals surface area contributed by atoms with E-state index in [2.05, 4.69) is 51.0 Å². The number of carbonyl (C=O) groups is 2. The molecule has 4 fully saturated rings. The summed E-state index contributed by atoms with van der Waals surface area (Å²) in [6.07, 6.45) is 13.5. The second kappa shape index (κ2) is 9.43. The SMILES string of the molecule is CC(=O)N[C@@H](CC(C)C)C(=O)N(C)[C@H]1CC[C@@]2(C)C(=CC[C@H]3[C@@H]4CC[C@@H]5[C@H](C)N(C)C[C@@]54CC[C@@H]32)C1. The quantitative estimate of drug-likeness (QED) is 0.527. The van der Waals surface area contributed by atoms with Gasteiger partial charge in [0.15, 0.2) is 0 Å². The molecule has 9 atom stereocenters. The molecule has 0 unspecified atom stereocenters. The standard InChI is InChI=1S/C31H51N3O2/c1-19(2)16-28(32-21(4)35)29(36)34(7)23-12-14-30(5)22(17-23)8-9-24-26(30)13-15-31-18-33(6)20(3)25(31)10-11-27(24)31/h8,19-20,23-28H,9-18H2,1-7H3,(H,32,35)/t20-,23-,24+,25+,26-,27-,28-,30-,31-/m0/s1. The van der Waals surface area contributed by atoms with E-state index >= 15 is 0 Å². The van der Waals surface area contributed by atoms with Gasteiger partial charge in [-0.1, -0.05) is 32.4 Å². The highest BCUT2D eigenvalue weighted by atomic mass is 16.2. The van der Waals surface area contributed by atoms with Crippen LogP contribution in [0.25, 0.3) is 0 Å². The van der Waals surface area contributed by atoms with E-state index < -0.39 is 6.04 Å². The van der Waals surface area contributed by atoms with E-state index in [0.29, 0.717) is 23.2 Å². The Labute approximate surface area is 219 Å². The fourth-order valence-electron chi connectivity index (χ4n) is 10.1. The van der Waals surface area contributed by atoms with Gasteiger partial charge in [0.1, 0.15) is 6.04 Å². The van der Waals surface area contributed by atoms with Gasteiger partial charge in [0, 0.05) is 32.6 Å². The summed E-state index contributed by atoms with van der Waals surface area (Å²) in [5.41, 5.74) is 2.51. The molecule has 5 rings (SSSR count). The maximum Gasteiger partial charge on any atom is 0.245 e. The smallest absolute Gasteiger partial charge is 0.245 e. The molecule has 1 N–H and O–H groups in total. The van der Waals surface area contributed by atoms with E-state index in [9.17, 15) is 9.59 Å². The summed E-state index contributed by atoms with van der Waals surface area (Å²) in [5, 5.41) is 2.93. The number of amides is 2. The Morgan fingerprint density at radius 1 is 1.14 bits per heavy atom. The third kappa shape index (κ3) is 4.07. The minimum absolute atomic E-state index is 0.0814. The van der Waals surface area contributed by atoms with E-state index in [1.165, 1.54) is 52.0 Å². The average Bonchev–Trinajstić information content (AvgIpc) is 3.30. The van der Waals surface area contributed by atoms with Gasteiger partial charge in [0.05, 0.1) is 0 Å². The summed E-state index contributed by atoms with van der Waals surface area (Å²) in [4.78, 5) is 29.9. The predicted molar refractivity (Wildman–Crippen MR) is 145 cm³/mol. The summed E-state index contributed by atoms with van der Waals surface area (Å²) in [5.74, 6) is 3.79. The number of allylic oxidation sites excluding steroid dienone is 1. The van der Waals surface area contributed by atoms with E-state index in [1.807, 2.05) is 11.9 Å². The lowest BCUT2D eigenvalue weighted by atomic mass is 9.47. The summed E-state index contributed by atoms with van der Waals surface area (Å²) in [7, 11) is 4.33. The molecule has 3 saturated carbocycles. The first kappa shape index (κ1) is 26.3. The van der Waals surface area contributed by atoms with Crippen molar-refractivity contribution in [2.75, 3.05) is 20.6 Å². The predicted octanol–water partition coefficient (Wildman–Crippen LogP) is 5.26. The van der Waals surface area contributed by atoms with Gasteiger partial charge in [0.25, 0.3) is 0 Å². The molecule has 202 valence electrons. The van der Waals surface area contributed by atoms with E-state index in [-0.39, 0.29) is 17.9 Å². The van der Waals surface area contributed by atoms with Gasteiger partial charge in [-0.2, -0.15) is 0 Å². The molecule has 1 heterocycles. The number of rotatable bonds is 5. The highest BCUT2D eigenvalue weighted by Gasteiger charge is 2.64. The fourth-order valence-corrected chi connectivity index (χ4v) is 10.1. The fraction of sp³-hybridized carbons (Fsp3) is 0.871. The summed E-state index contributed by atoms with van der Waals surface area (Å²) in [6.45, 7) is 12.1. The zero-order valence-electron chi connectivity index (χ0n) is 24.0. The van der Waals surface area contributed by atoms with Crippen LogP contribution in [-0.2, 0) is 9.59 Å². The Kier molecular flexibility index (Phi) is 6.88. The molecule has 0 aromatic rings. The maximum absolute atomic E-state index is 13.5. The molecule has 1 spiro atoms. The van der Waals surface area contributed by atoms with Crippen molar-refractivity contribution in [3.05, 3.63) is 11.6 Å². The van der Waals surface area contributed by atoms with Gasteiger partial charge in [0.2, 0.25) is 11.8 Å². The molecule has 0 bridgehead atoms. The monoisotopic (exact) mass is 497 g/mol. The van der Waals surface area contributed by atoms with Crippen molar-refractivity contribution in [1.82, 2.24) is 15.1 Å². The number of hydrogen-bond acceptors (Lipinski definition) is 3. The van der Waals surface area contributed by atoms with Crippen molar-refractivity contribution < 1.29 is 9.59 Å². The summed E-state index contributed by atoms with van der Waals surface area (Å²) >= 11 is 0. The average molecular weight is 498 g/mol. The number of carbonyl (C=O) groups excluding carboxylic acids is 2. The van der Waals surface area contributed by atoms with Crippen LogP contribution in [0.3, 0.4) is 0 Å². The highest BCUT2D eigenvalue weighted by Crippen LogP contribution is 2.68. The first-order valence-corrected chi connectivity index (χ1v) is 14.9. The van der Waals surface area contributed by atoms with Crippen molar-refractivity contribution in [2.45, 2.75) is 111 Å². The number of nitrogens with zero attached hydrogens (tertiary/aromatic N) is 2. The van der Waals surface area contributed by atoms with Crippen LogP contribution < -0.4 is 5.32 Å². The van der Waals surface area contributed by atoms with Crippen LogP contribution in [0.15, 0.2) is 11.6 Å². The van der Waals surface area contributed by atoms with Gasteiger partial charge < -0.3 is 15.1 Å². The first-order chi connectivity index (χ1) is 17.0. The largest absolute Gasteiger partial charge is 0.345 e. The van der Waals surface area contributed by atoms with Gasteiger partial charge >= 0.3 is 0 Å². The lowest BCUT2D eigenvalue weighted by Crippen LogP contribution is -2.54. The molecule has 5 heteroatoms. The van der Waals surface area contributed by atoms with E-state index in [0.717, 1.165) is 42.6 Å². The molecule has 0 aromatic carbocycles. The molecule has 0 aromatic heterocycles. The normalized spacial score (nSPS) is 42.6. The minimum Gasteiger partial charge on any atom is -0.345 e. The Hall–Kier alpha value is -1.36. The summed E-state index contributed by atoms with van der Waals surface area (Å²) < 4.78 is 0. The van der Waals surface area contributed by atoms with E-state index in [1.54, 1.807) is 5.57 Å². The van der Waals surface area contributed by atoms with Crippen molar-refractivity contribution in [1.29, 1.82) is 0 Å². The lowest BCUT2D eigenvalue weighted by molar-refractivity contribution is -0.138. The van der Waals surface area contributed by atoms with Crippen molar-refractivity contribution in [2.24, 2.45) is 40.4 Å². The number of nitrogens with one attached hydrogen (secondary N) is 1. The van der Waals surface area contributed by atoms with Crippen LogP contribution in [0.2, 0.25) is 0 Å². The van der Waals surface area contributed by atoms with Crippen LogP contribution in [0.4, 0.5) is 0 Å². The number of fused-ring (bicyclic) bond motifs is 4. The molecule has 5 nitrogen and oxygen atoms in total. The maximum atomic E-state index is 13.5. The molecular weight excluding hydrogens is 446 g/mol. The van der Waals surface area contributed by atoms with Crippen LogP contribution in [0, 0.1) is 40.4 Å². The minimum atomic E-state index is -0.415. The number of likely N-dealkylation sites (N-methyl/N-ethyl adjacent to an activating group) is 1. The molecule has 4 aliphatic carbocycles. The van der Waals surface area contributed by atoms with Crippen LogP contribution in [0.5, 0.6) is 0 Å². The number of likely N-dealkylation sites (tertiary alicyclic amines) is 1. The molecular formula is C31H51N3O2. The van der Waals surface area contributed by atoms with Gasteiger partial charge in [-0.15, -0.1) is 0 Å². The Bertz CT molecular complexity index is 913. The Balaban J connectivity index is 1.31. The third-order valence-corrected chi connectivity index (χ3v) is 12.0. The third-order valence-electron chi connectivity index (χ3n) is 12.0. The number of hydrogen-bond donors (Lipinski definition) is 1. The molecule has 1 saturated heterocycles. The van der Waals surface area contributed by atoms with Crippen molar-refractivity contribution in [3.63, 3.8) is 0 Å².